The molecular weight excluding hydrogens is 300 g/mol. The SMILES string of the molecule is O=C1C[C@H](Nc2ccc3ccccc3c2)C(=O)N1c1ccccc1. The van der Waals surface area contributed by atoms with E-state index in [1.807, 2.05) is 60.7 Å². The van der Waals surface area contributed by atoms with E-state index in [0.29, 0.717) is 5.69 Å². The number of para-hydroxylation sites is 1. The minimum atomic E-state index is -0.529. The van der Waals surface area contributed by atoms with Crippen LogP contribution in [0.25, 0.3) is 10.8 Å². The van der Waals surface area contributed by atoms with Gasteiger partial charge in [0.05, 0.1) is 12.1 Å². The number of rotatable bonds is 3. The Balaban J connectivity index is 1.58. The maximum absolute atomic E-state index is 12.6. The van der Waals surface area contributed by atoms with Gasteiger partial charge < -0.3 is 5.32 Å². The minimum Gasteiger partial charge on any atom is -0.373 e. The Bertz CT molecular complexity index is 921. The smallest absolute Gasteiger partial charge is 0.256 e. The molecule has 3 aromatic rings. The summed E-state index contributed by atoms with van der Waals surface area (Å²) >= 11 is 0. The third kappa shape index (κ3) is 2.52. The van der Waals surface area contributed by atoms with Crippen LogP contribution in [0.1, 0.15) is 6.42 Å². The van der Waals surface area contributed by atoms with E-state index in [-0.39, 0.29) is 18.2 Å². The number of nitrogens with one attached hydrogen (secondary N) is 1. The number of hydrogen-bond acceptors (Lipinski definition) is 3. The van der Waals surface area contributed by atoms with Crippen LogP contribution < -0.4 is 10.2 Å². The Morgan fingerprint density at radius 3 is 2.33 bits per heavy atom. The minimum absolute atomic E-state index is 0.167. The molecule has 4 nitrogen and oxygen atoms in total. The van der Waals surface area contributed by atoms with Gasteiger partial charge in [0.25, 0.3) is 5.91 Å². The van der Waals surface area contributed by atoms with Gasteiger partial charge in [-0.1, -0.05) is 48.5 Å². The highest BCUT2D eigenvalue weighted by Crippen LogP contribution is 2.26. The summed E-state index contributed by atoms with van der Waals surface area (Å²) in [6, 6.07) is 22.5. The summed E-state index contributed by atoms with van der Waals surface area (Å²) < 4.78 is 0. The quantitative estimate of drug-likeness (QED) is 0.751. The second-order valence-corrected chi connectivity index (χ2v) is 5.87. The van der Waals surface area contributed by atoms with Crippen molar-refractivity contribution in [2.45, 2.75) is 12.5 Å². The summed E-state index contributed by atoms with van der Waals surface area (Å²) in [6.07, 6.45) is 0.167. The number of fused-ring (bicyclic) bond motifs is 1. The number of carbonyl (C=O) groups is 2. The van der Waals surface area contributed by atoms with Gasteiger partial charge in [-0.3, -0.25) is 9.59 Å². The van der Waals surface area contributed by atoms with E-state index >= 15 is 0 Å². The Morgan fingerprint density at radius 1 is 0.833 bits per heavy atom. The number of anilines is 2. The first-order chi connectivity index (χ1) is 11.7. The van der Waals surface area contributed by atoms with Gasteiger partial charge >= 0.3 is 0 Å². The lowest BCUT2D eigenvalue weighted by molar-refractivity contribution is -0.121. The topological polar surface area (TPSA) is 49.4 Å². The van der Waals surface area contributed by atoms with E-state index in [2.05, 4.69) is 5.32 Å². The molecule has 118 valence electrons. The maximum Gasteiger partial charge on any atom is 0.256 e. The molecule has 24 heavy (non-hydrogen) atoms. The molecule has 1 fully saturated rings. The van der Waals surface area contributed by atoms with Gasteiger partial charge in [0.1, 0.15) is 6.04 Å². The molecule has 0 spiro atoms. The first kappa shape index (κ1) is 14.5. The molecule has 4 rings (SSSR count). The summed E-state index contributed by atoms with van der Waals surface area (Å²) in [5.41, 5.74) is 1.46. The van der Waals surface area contributed by atoms with Crippen LogP contribution >= 0.6 is 0 Å². The van der Waals surface area contributed by atoms with Gasteiger partial charge in [0, 0.05) is 5.69 Å². The molecule has 0 bridgehead atoms. The van der Waals surface area contributed by atoms with Crippen molar-refractivity contribution in [1.82, 2.24) is 0 Å². The lowest BCUT2D eigenvalue weighted by atomic mass is 10.1. The fraction of sp³-hybridized carbons (Fsp3) is 0.100. The van der Waals surface area contributed by atoms with Crippen LogP contribution in [0.4, 0.5) is 11.4 Å². The van der Waals surface area contributed by atoms with E-state index in [1.54, 1.807) is 12.1 Å². The lowest BCUT2D eigenvalue weighted by Gasteiger charge is -2.16. The van der Waals surface area contributed by atoms with Crippen molar-refractivity contribution in [2.75, 3.05) is 10.2 Å². The predicted molar refractivity (Wildman–Crippen MR) is 94.9 cm³/mol. The maximum atomic E-state index is 12.6. The zero-order valence-electron chi connectivity index (χ0n) is 13.0. The third-order valence-electron chi connectivity index (χ3n) is 4.25. The summed E-state index contributed by atoms with van der Waals surface area (Å²) in [7, 11) is 0. The molecule has 1 aliphatic rings. The summed E-state index contributed by atoms with van der Waals surface area (Å²) in [5, 5.41) is 5.44. The Labute approximate surface area is 139 Å². The second-order valence-electron chi connectivity index (χ2n) is 5.87. The van der Waals surface area contributed by atoms with Crippen molar-refractivity contribution in [3.8, 4) is 0 Å². The average molecular weight is 316 g/mol. The zero-order valence-corrected chi connectivity index (χ0v) is 13.0. The Kier molecular flexibility index (Phi) is 3.50. The van der Waals surface area contributed by atoms with E-state index < -0.39 is 6.04 Å². The molecule has 0 unspecified atom stereocenters. The van der Waals surface area contributed by atoms with Gasteiger partial charge in [0.2, 0.25) is 5.91 Å². The first-order valence-corrected chi connectivity index (χ1v) is 7.89. The van der Waals surface area contributed by atoms with Gasteiger partial charge in [-0.25, -0.2) is 4.90 Å². The monoisotopic (exact) mass is 316 g/mol. The number of amides is 2. The number of imide groups is 1. The number of hydrogen-bond donors (Lipinski definition) is 1. The van der Waals surface area contributed by atoms with Crippen molar-refractivity contribution < 1.29 is 9.59 Å². The van der Waals surface area contributed by atoms with Crippen molar-refractivity contribution in [3.05, 3.63) is 72.8 Å². The summed E-state index contributed by atoms with van der Waals surface area (Å²) in [5.74, 6) is -0.385. The van der Waals surface area contributed by atoms with Crippen LogP contribution in [0.5, 0.6) is 0 Å². The van der Waals surface area contributed by atoms with Crippen molar-refractivity contribution >= 4 is 34.0 Å². The molecule has 0 radical (unpaired) electrons. The van der Waals surface area contributed by atoms with Crippen LogP contribution in [0.15, 0.2) is 72.8 Å². The summed E-state index contributed by atoms with van der Waals surface area (Å²) in [4.78, 5) is 26.2. The fourth-order valence-corrected chi connectivity index (χ4v) is 3.07. The molecule has 1 aliphatic heterocycles. The van der Waals surface area contributed by atoms with Crippen LogP contribution in [-0.4, -0.2) is 17.9 Å². The van der Waals surface area contributed by atoms with Gasteiger partial charge in [-0.15, -0.1) is 0 Å². The molecule has 2 amide bonds. The van der Waals surface area contributed by atoms with Crippen molar-refractivity contribution in [2.24, 2.45) is 0 Å². The van der Waals surface area contributed by atoms with Crippen LogP contribution in [-0.2, 0) is 9.59 Å². The Hall–Kier alpha value is -3.14. The van der Waals surface area contributed by atoms with E-state index in [9.17, 15) is 9.59 Å². The van der Waals surface area contributed by atoms with Crippen molar-refractivity contribution in [3.63, 3.8) is 0 Å². The number of carbonyl (C=O) groups excluding carboxylic acids is 2. The highest BCUT2D eigenvalue weighted by atomic mass is 16.2. The molecule has 3 aromatic carbocycles. The second kappa shape index (κ2) is 5.81. The molecule has 0 saturated carbocycles. The highest BCUT2D eigenvalue weighted by Gasteiger charge is 2.39. The van der Waals surface area contributed by atoms with Crippen LogP contribution in [0.2, 0.25) is 0 Å². The van der Waals surface area contributed by atoms with E-state index in [0.717, 1.165) is 16.5 Å². The largest absolute Gasteiger partial charge is 0.373 e. The number of nitrogens with zero attached hydrogens (tertiary/aromatic N) is 1. The first-order valence-electron chi connectivity index (χ1n) is 7.89. The molecule has 1 N–H and O–H groups in total. The standard InChI is InChI=1S/C20H16N2O2/c23-19-13-18(20(24)22(19)17-8-2-1-3-9-17)21-16-11-10-14-6-4-5-7-15(14)12-16/h1-12,18,21H,13H2/t18-/m0/s1. The van der Waals surface area contributed by atoms with Gasteiger partial charge in [-0.2, -0.15) is 0 Å². The van der Waals surface area contributed by atoms with Crippen molar-refractivity contribution in [1.29, 1.82) is 0 Å². The van der Waals surface area contributed by atoms with Gasteiger partial charge in [-0.05, 0) is 35.0 Å². The molecule has 1 atom stereocenters. The Morgan fingerprint density at radius 2 is 1.54 bits per heavy atom. The van der Waals surface area contributed by atoms with E-state index in [4.69, 9.17) is 0 Å². The molecule has 0 aliphatic carbocycles. The highest BCUT2D eigenvalue weighted by molar-refractivity contribution is 6.23. The van der Waals surface area contributed by atoms with E-state index in [1.165, 1.54) is 4.90 Å². The lowest BCUT2D eigenvalue weighted by Crippen LogP contribution is -2.34. The third-order valence-corrected chi connectivity index (χ3v) is 4.25. The molecular formula is C20H16N2O2. The van der Waals surface area contributed by atoms with Crippen LogP contribution in [0, 0.1) is 0 Å². The fourth-order valence-electron chi connectivity index (χ4n) is 3.07. The van der Waals surface area contributed by atoms with Crippen LogP contribution in [0.3, 0.4) is 0 Å². The summed E-state index contributed by atoms with van der Waals surface area (Å²) in [6.45, 7) is 0. The molecule has 0 aromatic heterocycles. The average Bonchev–Trinajstić information content (AvgIpc) is 2.89. The van der Waals surface area contributed by atoms with Gasteiger partial charge in [0.15, 0.2) is 0 Å². The molecule has 1 heterocycles. The molecule has 1 saturated heterocycles. The predicted octanol–water partition coefficient (Wildman–Crippen LogP) is 3.58. The number of benzene rings is 3. The normalized spacial score (nSPS) is 17.5. The zero-order chi connectivity index (χ0) is 16.5. The molecule has 4 heteroatoms.